The molecule has 0 spiro atoms. The lowest BCUT2D eigenvalue weighted by Gasteiger charge is -2.21. The Kier molecular flexibility index (Phi) is 4.87. The summed E-state index contributed by atoms with van der Waals surface area (Å²) in [4.78, 5) is 30.4. The van der Waals surface area contributed by atoms with Crippen LogP contribution in [-0.4, -0.2) is 20.6 Å². The van der Waals surface area contributed by atoms with Crippen molar-refractivity contribution in [2.75, 3.05) is 0 Å². The Labute approximate surface area is 162 Å². The van der Waals surface area contributed by atoms with Crippen LogP contribution in [0.5, 0.6) is 0 Å². The number of aryl methyl sites for hydroxylation is 2. The van der Waals surface area contributed by atoms with E-state index in [0.717, 1.165) is 30.5 Å². The number of thioether (sulfide) groups is 1. The minimum Gasteiger partial charge on any atom is -0.298 e. The van der Waals surface area contributed by atoms with Crippen molar-refractivity contribution < 1.29 is 4.79 Å². The number of para-hydroxylation sites is 1. The summed E-state index contributed by atoms with van der Waals surface area (Å²) < 4.78 is 1.67. The highest BCUT2D eigenvalue weighted by Crippen LogP contribution is 2.32. The Balaban J connectivity index is 1.91. The number of rotatable bonds is 3. The molecule has 2 aromatic carbocycles. The molecular formula is C22H22N2O2S. The lowest BCUT2D eigenvalue weighted by Crippen LogP contribution is -2.26. The maximum absolute atomic E-state index is 13.3. The van der Waals surface area contributed by atoms with Crippen LogP contribution in [0.4, 0.5) is 0 Å². The van der Waals surface area contributed by atoms with E-state index in [-0.39, 0.29) is 16.6 Å². The van der Waals surface area contributed by atoms with E-state index in [1.165, 1.54) is 17.3 Å². The fraction of sp³-hybridized carbons (Fsp3) is 0.318. The Hall–Kier alpha value is -2.40. The van der Waals surface area contributed by atoms with Crippen LogP contribution in [0.3, 0.4) is 0 Å². The minimum atomic E-state index is -0.121. The quantitative estimate of drug-likeness (QED) is 0.625. The van der Waals surface area contributed by atoms with Gasteiger partial charge in [-0.15, -0.1) is 0 Å². The van der Waals surface area contributed by atoms with E-state index in [0.29, 0.717) is 22.5 Å². The van der Waals surface area contributed by atoms with Crippen LogP contribution in [0.15, 0.2) is 52.4 Å². The standard InChI is InChI=1S/C22H22N2O2S/c1-14-11-12-16(13-15(14)2)24-21(26)17-7-3-4-8-18(17)23-22(24)27-20-10-6-5-9-19(20)25/h3-4,7-8,11-13,20H,5-6,9-10H2,1-2H3. The third kappa shape index (κ3) is 3.44. The highest BCUT2D eigenvalue weighted by Gasteiger charge is 2.26. The summed E-state index contributed by atoms with van der Waals surface area (Å²) in [7, 11) is 0. The maximum atomic E-state index is 13.3. The van der Waals surface area contributed by atoms with Crippen LogP contribution in [0.25, 0.3) is 16.6 Å². The average Bonchev–Trinajstić information content (AvgIpc) is 2.66. The zero-order valence-electron chi connectivity index (χ0n) is 15.6. The third-order valence-electron chi connectivity index (χ3n) is 5.24. The monoisotopic (exact) mass is 378 g/mol. The van der Waals surface area contributed by atoms with E-state index in [9.17, 15) is 9.59 Å². The van der Waals surface area contributed by atoms with Crippen molar-refractivity contribution in [2.24, 2.45) is 0 Å². The van der Waals surface area contributed by atoms with Gasteiger partial charge in [0.2, 0.25) is 0 Å². The van der Waals surface area contributed by atoms with Crippen LogP contribution in [0.1, 0.15) is 36.8 Å². The molecule has 1 heterocycles. The van der Waals surface area contributed by atoms with E-state index in [1.54, 1.807) is 4.57 Å². The van der Waals surface area contributed by atoms with Gasteiger partial charge < -0.3 is 0 Å². The van der Waals surface area contributed by atoms with Gasteiger partial charge >= 0.3 is 0 Å². The van der Waals surface area contributed by atoms with Crippen LogP contribution < -0.4 is 5.56 Å². The number of Topliss-reactive ketones (excluding diaryl/α,β-unsaturated/α-hetero) is 1. The van der Waals surface area contributed by atoms with Crippen molar-refractivity contribution in [1.29, 1.82) is 0 Å². The number of fused-ring (bicyclic) bond motifs is 1. The molecule has 0 bridgehead atoms. The van der Waals surface area contributed by atoms with Gasteiger partial charge in [-0.25, -0.2) is 4.98 Å². The van der Waals surface area contributed by atoms with Gasteiger partial charge in [-0.3, -0.25) is 14.2 Å². The zero-order valence-corrected chi connectivity index (χ0v) is 16.4. The predicted octanol–water partition coefficient (Wildman–Crippen LogP) is 4.61. The topological polar surface area (TPSA) is 52.0 Å². The first-order chi connectivity index (χ1) is 13.0. The summed E-state index contributed by atoms with van der Waals surface area (Å²) in [5, 5.41) is 1.07. The highest BCUT2D eigenvalue weighted by molar-refractivity contribution is 8.00. The van der Waals surface area contributed by atoms with Gasteiger partial charge in [0, 0.05) is 6.42 Å². The van der Waals surface area contributed by atoms with Gasteiger partial charge in [0.25, 0.3) is 5.56 Å². The number of aromatic nitrogens is 2. The molecule has 0 N–H and O–H groups in total. The van der Waals surface area contributed by atoms with E-state index in [2.05, 4.69) is 6.92 Å². The minimum absolute atomic E-state index is 0.0883. The summed E-state index contributed by atoms with van der Waals surface area (Å²) in [6, 6.07) is 13.4. The average molecular weight is 378 g/mol. The summed E-state index contributed by atoms with van der Waals surface area (Å²) >= 11 is 1.44. The molecule has 0 aliphatic heterocycles. The molecule has 1 unspecified atom stereocenters. The van der Waals surface area contributed by atoms with Gasteiger partial charge in [0.1, 0.15) is 5.78 Å². The Morgan fingerprint density at radius 1 is 1.04 bits per heavy atom. The number of hydrogen-bond donors (Lipinski definition) is 0. The number of ketones is 1. The number of hydrogen-bond acceptors (Lipinski definition) is 4. The first kappa shape index (κ1) is 18.0. The van der Waals surface area contributed by atoms with Crippen LogP contribution in [-0.2, 0) is 4.79 Å². The zero-order chi connectivity index (χ0) is 19.0. The van der Waals surface area contributed by atoms with E-state index in [4.69, 9.17) is 4.98 Å². The summed E-state index contributed by atoms with van der Waals surface area (Å²) in [5.74, 6) is 0.264. The fourth-order valence-electron chi connectivity index (χ4n) is 3.49. The molecule has 27 heavy (non-hydrogen) atoms. The summed E-state index contributed by atoms with van der Waals surface area (Å²) in [6.07, 6.45) is 3.48. The highest BCUT2D eigenvalue weighted by atomic mass is 32.2. The first-order valence-electron chi connectivity index (χ1n) is 9.33. The molecule has 4 rings (SSSR count). The van der Waals surface area contributed by atoms with Gasteiger partial charge in [-0.1, -0.05) is 36.4 Å². The Morgan fingerprint density at radius 2 is 1.85 bits per heavy atom. The molecule has 1 saturated carbocycles. The predicted molar refractivity (Wildman–Crippen MR) is 110 cm³/mol. The molecule has 4 nitrogen and oxygen atoms in total. The number of carbonyl (C=O) groups is 1. The van der Waals surface area contributed by atoms with Gasteiger partial charge in [-0.2, -0.15) is 0 Å². The van der Waals surface area contributed by atoms with Crippen molar-refractivity contribution >= 4 is 28.4 Å². The molecule has 5 heteroatoms. The molecule has 1 aliphatic rings. The van der Waals surface area contributed by atoms with E-state index < -0.39 is 0 Å². The third-order valence-corrected chi connectivity index (χ3v) is 6.51. The number of nitrogens with zero attached hydrogens (tertiary/aromatic N) is 2. The van der Waals surface area contributed by atoms with E-state index in [1.807, 2.05) is 49.4 Å². The second-order valence-corrected chi connectivity index (χ2v) is 8.31. The lowest BCUT2D eigenvalue weighted by molar-refractivity contribution is -0.119. The van der Waals surface area contributed by atoms with Crippen molar-refractivity contribution in [3.63, 3.8) is 0 Å². The second kappa shape index (κ2) is 7.31. The first-order valence-corrected chi connectivity index (χ1v) is 10.2. The molecule has 0 saturated heterocycles. The van der Waals surface area contributed by atoms with Crippen molar-refractivity contribution in [3.05, 3.63) is 63.9 Å². The summed E-state index contributed by atoms with van der Waals surface area (Å²) in [6.45, 7) is 4.09. The van der Waals surface area contributed by atoms with Gasteiger partial charge in [0.05, 0.1) is 21.8 Å². The molecule has 1 atom stereocenters. The normalized spacial score (nSPS) is 17.4. The molecular weight excluding hydrogens is 356 g/mol. The van der Waals surface area contributed by atoms with Gasteiger partial charge in [-0.05, 0) is 62.1 Å². The molecule has 3 aromatic rings. The molecule has 1 aromatic heterocycles. The molecule has 0 amide bonds. The van der Waals surface area contributed by atoms with Crippen LogP contribution in [0, 0.1) is 13.8 Å². The van der Waals surface area contributed by atoms with Crippen molar-refractivity contribution in [1.82, 2.24) is 9.55 Å². The van der Waals surface area contributed by atoms with Crippen molar-refractivity contribution in [2.45, 2.75) is 49.9 Å². The largest absolute Gasteiger partial charge is 0.298 e. The summed E-state index contributed by atoms with van der Waals surface area (Å²) in [5.41, 5.74) is 3.68. The van der Waals surface area contributed by atoms with Crippen LogP contribution in [0.2, 0.25) is 0 Å². The SMILES string of the molecule is Cc1ccc(-n2c(SC3CCCCC3=O)nc3ccccc3c2=O)cc1C. The van der Waals surface area contributed by atoms with Gasteiger partial charge in [0.15, 0.2) is 5.16 Å². The lowest BCUT2D eigenvalue weighted by atomic mass is 9.99. The van der Waals surface area contributed by atoms with E-state index >= 15 is 0 Å². The van der Waals surface area contributed by atoms with Crippen molar-refractivity contribution in [3.8, 4) is 5.69 Å². The molecule has 0 radical (unpaired) electrons. The molecule has 1 aliphatic carbocycles. The second-order valence-electron chi connectivity index (χ2n) is 7.14. The number of benzene rings is 2. The fourth-order valence-corrected chi connectivity index (χ4v) is 4.72. The smallest absolute Gasteiger partial charge is 0.266 e. The maximum Gasteiger partial charge on any atom is 0.266 e. The Bertz CT molecular complexity index is 1090. The Morgan fingerprint density at radius 3 is 2.63 bits per heavy atom. The molecule has 138 valence electrons. The molecule has 1 fully saturated rings. The van der Waals surface area contributed by atoms with Crippen LogP contribution >= 0.6 is 11.8 Å². The number of carbonyl (C=O) groups excluding carboxylic acids is 1.